The van der Waals surface area contributed by atoms with Crippen molar-refractivity contribution in [3.63, 3.8) is 0 Å². The van der Waals surface area contributed by atoms with Crippen LogP contribution in [0.15, 0.2) is 54.7 Å². The van der Waals surface area contributed by atoms with Gasteiger partial charge in [0.1, 0.15) is 5.82 Å². The van der Waals surface area contributed by atoms with E-state index in [0.29, 0.717) is 5.92 Å². The molecular weight excluding hydrogens is 237 g/mol. The average molecular weight is 253 g/mol. The number of rotatable bonds is 2. The predicted molar refractivity (Wildman–Crippen MR) is 77.3 cm³/mol. The maximum Gasteiger partial charge on any atom is 0.123 e. The first kappa shape index (κ1) is 12.0. The van der Waals surface area contributed by atoms with Gasteiger partial charge < -0.3 is 4.57 Å². The van der Waals surface area contributed by atoms with E-state index in [2.05, 4.69) is 42.7 Å². The SMILES string of the molecule is CC(C)c1ccc2ccn(-c3ccc(F)cc3)c2c1. The summed E-state index contributed by atoms with van der Waals surface area (Å²) in [6.07, 6.45) is 2.03. The van der Waals surface area contributed by atoms with Crippen molar-refractivity contribution < 1.29 is 4.39 Å². The highest BCUT2D eigenvalue weighted by Gasteiger charge is 2.06. The molecular formula is C17H16FN. The summed E-state index contributed by atoms with van der Waals surface area (Å²) in [6.45, 7) is 4.37. The summed E-state index contributed by atoms with van der Waals surface area (Å²) in [4.78, 5) is 0. The van der Waals surface area contributed by atoms with E-state index in [0.717, 1.165) is 11.2 Å². The molecule has 0 saturated carbocycles. The third-order valence-corrected chi connectivity index (χ3v) is 3.49. The van der Waals surface area contributed by atoms with Crippen LogP contribution in [0.1, 0.15) is 25.3 Å². The van der Waals surface area contributed by atoms with Crippen molar-refractivity contribution in [2.75, 3.05) is 0 Å². The fourth-order valence-electron chi connectivity index (χ4n) is 2.33. The lowest BCUT2D eigenvalue weighted by atomic mass is 10.0. The topological polar surface area (TPSA) is 4.93 Å². The third-order valence-electron chi connectivity index (χ3n) is 3.49. The van der Waals surface area contributed by atoms with E-state index in [1.54, 1.807) is 12.1 Å². The van der Waals surface area contributed by atoms with Crippen LogP contribution in [-0.2, 0) is 0 Å². The smallest absolute Gasteiger partial charge is 0.123 e. The number of hydrogen-bond acceptors (Lipinski definition) is 0. The van der Waals surface area contributed by atoms with Gasteiger partial charge in [0, 0.05) is 11.9 Å². The van der Waals surface area contributed by atoms with Gasteiger partial charge >= 0.3 is 0 Å². The zero-order chi connectivity index (χ0) is 13.4. The molecule has 0 aliphatic carbocycles. The van der Waals surface area contributed by atoms with Crippen LogP contribution in [0.3, 0.4) is 0 Å². The van der Waals surface area contributed by atoms with E-state index >= 15 is 0 Å². The molecule has 2 heteroatoms. The predicted octanol–water partition coefficient (Wildman–Crippen LogP) is 4.89. The van der Waals surface area contributed by atoms with Crippen molar-refractivity contribution in [1.29, 1.82) is 0 Å². The Balaban J connectivity index is 2.18. The molecule has 2 aromatic carbocycles. The van der Waals surface area contributed by atoms with Crippen LogP contribution >= 0.6 is 0 Å². The first-order chi connectivity index (χ1) is 9.15. The minimum Gasteiger partial charge on any atom is -0.317 e. The van der Waals surface area contributed by atoms with Crippen molar-refractivity contribution in [1.82, 2.24) is 4.57 Å². The molecule has 3 aromatic rings. The lowest BCUT2D eigenvalue weighted by Crippen LogP contribution is -1.93. The van der Waals surface area contributed by atoms with Gasteiger partial charge in [-0.2, -0.15) is 0 Å². The molecule has 0 fully saturated rings. The fourth-order valence-corrected chi connectivity index (χ4v) is 2.33. The summed E-state index contributed by atoms with van der Waals surface area (Å²) in [5.41, 5.74) is 3.46. The normalized spacial score (nSPS) is 11.4. The van der Waals surface area contributed by atoms with Gasteiger partial charge in [0.2, 0.25) is 0 Å². The van der Waals surface area contributed by atoms with E-state index in [4.69, 9.17) is 0 Å². The molecule has 19 heavy (non-hydrogen) atoms. The van der Waals surface area contributed by atoms with E-state index < -0.39 is 0 Å². The maximum absolute atomic E-state index is 13.0. The number of fused-ring (bicyclic) bond motifs is 1. The highest BCUT2D eigenvalue weighted by atomic mass is 19.1. The van der Waals surface area contributed by atoms with Gasteiger partial charge in [-0.3, -0.25) is 0 Å². The zero-order valence-electron chi connectivity index (χ0n) is 11.1. The molecule has 0 bridgehead atoms. The third kappa shape index (κ3) is 2.14. The molecule has 0 aliphatic heterocycles. The van der Waals surface area contributed by atoms with E-state index in [1.165, 1.54) is 23.1 Å². The fraction of sp³-hybridized carbons (Fsp3) is 0.176. The number of hydrogen-bond donors (Lipinski definition) is 0. The number of aromatic nitrogens is 1. The molecule has 0 N–H and O–H groups in total. The number of halogens is 1. The largest absolute Gasteiger partial charge is 0.317 e. The van der Waals surface area contributed by atoms with Crippen molar-refractivity contribution in [3.05, 3.63) is 66.1 Å². The highest BCUT2D eigenvalue weighted by molar-refractivity contribution is 5.82. The molecule has 0 spiro atoms. The van der Waals surface area contributed by atoms with Crippen LogP contribution in [0.5, 0.6) is 0 Å². The summed E-state index contributed by atoms with van der Waals surface area (Å²) in [7, 11) is 0. The standard InChI is InChI=1S/C17H16FN/c1-12(2)14-4-3-13-9-10-19(17(13)11-14)16-7-5-15(18)6-8-16/h3-12H,1-2H3. The Morgan fingerprint density at radius 3 is 2.37 bits per heavy atom. The van der Waals surface area contributed by atoms with Crippen LogP contribution in [-0.4, -0.2) is 4.57 Å². The van der Waals surface area contributed by atoms with Gasteiger partial charge in [0.05, 0.1) is 5.52 Å². The van der Waals surface area contributed by atoms with Gasteiger partial charge in [-0.15, -0.1) is 0 Å². The van der Waals surface area contributed by atoms with Crippen molar-refractivity contribution in [2.45, 2.75) is 19.8 Å². The second-order valence-electron chi connectivity index (χ2n) is 5.14. The van der Waals surface area contributed by atoms with Crippen LogP contribution in [0.4, 0.5) is 4.39 Å². The summed E-state index contributed by atoms with van der Waals surface area (Å²) < 4.78 is 15.1. The van der Waals surface area contributed by atoms with Gasteiger partial charge in [-0.1, -0.05) is 26.0 Å². The Hall–Kier alpha value is -2.09. The molecule has 1 nitrogen and oxygen atoms in total. The van der Waals surface area contributed by atoms with Gasteiger partial charge in [-0.25, -0.2) is 4.39 Å². The lowest BCUT2D eigenvalue weighted by molar-refractivity contribution is 0.627. The van der Waals surface area contributed by atoms with Crippen molar-refractivity contribution in [3.8, 4) is 5.69 Å². The molecule has 0 unspecified atom stereocenters. The Morgan fingerprint density at radius 1 is 0.947 bits per heavy atom. The molecule has 0 radical (unpaired) electrons. The van der Waals surface area contributed by atoms with E-state index in [9.17, 15) is 4.39 Å². The van der Waals surface area contributed by atoms with Gasteiger partial charge in [0.25, 0.3) is 0 Å². The molecule has 96 valence electrons. The first-order valence-electron chi connectivity index (χ1n) is 6.52. The highest BCUT2D eigenvalue weighted by Crippen LogP contribution is 2.25. The Kier molecular flexibility index (Phi) is 2.86. The monoisotopic (exact) mass is 253 g/mol. The van der Waals surface area contributed by atoms with Crippen molar-refractivity contribution >= 4 is 10.9 Å². The van der Waals surface area contributed by atoms with Gasteiger partial charge in [0.15, 0.2) is 0 Å². The van der Waals surface area contributed by atoms with Crippen LogP contribution in [0.25, 0.3) is 16.6 Å². The first-order valence-corrected chi connectivity index (χ1v) is 6.52. The average Bonchev–Trinajstić information content (AvgIpc) is 2.82. The Labute approximate surface area is 112 Å². The maximum atomic E-state index is 13.0. The Morgan fingerprint density at radius 2 is 1.68 bits per heavy atom. The molecule has 0 amide bonds. The lowest BCUT2D eigenvalue weighted by Gasteiger charge is -2.09. The number of benzene rings is 2. The summed E-state index contributed by atoms with van der Waals surface area (Å²) in [5.74, 6) is 0.295. The summed E-state index contributed by atoms with van der Waals surface area (Å²) >= 11 is 0. The molecule has 0 saturated heterocycles. The van der Waals surface area contributed by atoms with E-state index in [1.807, 2.05) is 6.20 Å². The van der Waals surface area contributed by atoms with E-state index in [-0.39, 0.29) is 5.82 Å². The summed E-state index contributed by atoms with van der Waals surface area (Å²) in [5, 5.41) is 1.20. The summed E-state index contributed by atoms with van der Waals surface area (Å²) in [6, 6.07) is 15.2. The second kappa shape index (κ2) is 4.54. The minimum absolute atomic E-state index is 0.205. The number of nitrogens with zero attached hydrogens (tertiary/aromatic N) is 1. The minimum atomic E-state index is -0.205. The molecule has 3 rings (SSSR count). The van der Waals surface area contributed by atoms with Crippen molar-refractivity contribution in [2.24, 2.45) is 0 Å². The molecule has 1 aromatic heterocycles. The van der Waals surface area contributed by atoms with Gasteiger partial charge in [-0.05, 0) is 53.3 Å². The molecule has 0 aliphatic rings. The van der Waals surface area contributed by atoms with Crippen LogP contribution in [0, 0.1) is 5.82 Å². The molecule has 0 atom stereocenters. The van der Waals surface area contributed by atoms with Crippen LogP contribution < -0.4 is 0 Å². The zero-order valence-corrected chi connectivity index (χ0v) is 11.1. The Bertz CT molecular complexity index is 708. The molecule has 1 heterocycles. The van der Waals surface area contributed by atoms with Crippen LogP contribution in [0.2, 0.25) is 0 Å². The quantitative estimate of drug-likeness (QED) is 0.612. The second-order valence-corrected chi connectivity index (χ2v) is 5.14.